The molecule has 13 heavy (non-hydrogen) atoms. The lowest BCUT2D eigenvalue weighted by atomic mass is 9.95. The van der Waals surface area contributed by atoms with Crippen molar-refractivity contribution >= 4 is 5.97 Å². The Morgan fingerprint density at radius 3 is 2.85 bits per heavy atom. The van der Waals surface area contributed by atoms with E-state index in [0.29, 0.717) is 0 Å². The highest BCUT2D eigenvalue weighted by Crippen LogP contribution is 2.20. The molecule has 0 bridgehead atoms. The molecule has 0 aliphatic rings. The minimum absolute atomic E-state index is 0.105. The van der Waals surface area contributed by atoms with Gasteiger partial charge in [-0.1, -0.05) is 0 Å². The van der Waals surface area contributed by atoms with Crippen LogP contribution >= 0.6 is 0 Å². The lowest BCUT2D eigenvalue weighted by Gasteiger charge is -2.22. The van der Waals surface area contributed by atoms with E-state index in [1.807, 2.05) is 0 Å². The van der Waals surface area contributed by atoms with Crippen LogP contribution in [0.1, 0.15) is 19.0 Å². The van der Waals surface area contributed by atoms with Gasteiger partial charge in [-0.2, -0.15) is 5.10 Å². The first-order valence-electron chi connectivity index (χ1n) is 3.92. The molecule has 1 aromatic heterocycles. The molecular formula is C8H13N3O2. The molecule has 0 amide bonds. The maximum absolute atomic E-state index is 10.5. The average Bonchev–Trinajstić information content (AvgIpc) is 2.32. The zero-order valence-corrected chi connectivity index (χ0v) is 7.69. The Morgan fingerprint density at radius 2 is 2.46 bits per heavy atom. The Hall–Kier alpha value is -1.36. The summed E-state index contributed by atoms with van der Waals surface area (Å²) in [5, 5.41) is 12.6. The Bertz CT molecular complexity index is 317. The Morgan fingerprint density at radius 1 is 1.85 bits per heavy atom. The van der Waals surface area contributed by atoms with Gasteiger partial charge in [-0.15, -0.1) is 0 Å². The van der Waals surface area contributed by atoms with E-state index in [1.165, 1.54) is 0 Å². The quantitative estimate of drug-likeness (QED) is 0.694. The van der Waals surface area contributed by atoms with E-state index in [4.69, 9.17) is 10.8 Å². The van der Waals surface area contributed by atoms with Crippen molar-refractivity contribution in [2.24, 2.45) is 12.8 Å². The number of carbonyl (C=O) groups is 1. The molecule has 1 rings (SSSR count). The van der Waals surface area contributed by atoms with E-state index in [9.17, 15) is 4.79 Å². The molecule has 5 heteroatoms. The maximum Gasteiger partial charge on any atom is 0.305 e. The molecule has 3 N–H and O–H groups in total. The van der Waals surface area contributed by atoms with Crippen LogP contribution in [0.25, 0.3) is 0 Å². The number of aromatic nitrogens is 2. The van der Waals surface area contributed by atoms with Gasteiger partial charge in [0.1, 0.15) is 0 Å². The molecule has 5 nitrogen and oxygen atoms in total. The van der Waals surface area contributed by atoms with Gasteiger partial charge < -0.3 is 10.8 Å². The lowest BCUT2D eigenvalue weighted by Crippen LogP contribution is -2.37. The van der Waals surface area contributed by atoms with Crippen molar-refractivity contribution in [3.05, 3.63) is 18.0 Å². The van der Waals surface area contributed by atoms with Gasteiger partial charge in [0.15, 0.2) is 0 Å². The number of hydrogen-bond acceptors (Lipinski definition) is 3. The van der Waals surface area contributed by atoms with Crippen molar-refractivity contribution in [1.82, 2.24) is 9.78 Å². The summed E-state index contributed by atoms with van der Waals surface area (Å²) in [5.41, 5.74) is 5.70. The van der Waals surface area contributed by atoms with Crippen molar-refractivity contribution in [2.45, 2.75) is 18.9 Å². The van der Waals surface area contributed by atoms with Gasteiger partial charge in [-0.3, -0.25) is 9.48 Å². The summed E-state index contributed by atoms with van der Waals surface area (Å²) in [6.07, 6.45) is 1.49. The normalized spacial score (nSPS) is 15.3. The van der Waals surface area contributed by atoms with Crippen molar-refractivity contribution in [3.63, 3.8) is 0 Å². The summed E-state index contributed by atoms with van der Waals surface area (Å²) in [4.78, 5) is 10.5. The van der Waals surface area contributed by atoms with Gasteiger partial charge in [0.2, 0.25) is 0 Å². The number of rotatable bonds is 3. The summed E-state index contributed by atoms with van der Waals surface area (Å²) in [7, 11) is 1.74. The third kappa shape index (κ3) is 2.06. The van der Waals surface area contributed by atoms with Gasteiger partial charge in [-0.05, 0) is 13.0 Å². The standard InChI is InChI=1S/C8H13N3O2/c1-8(9,5-7(12)13)6-3-4-10-11(6)2/h3-4H,5,9H2,1-2H3,(H,12,13)/t8-/m0/s1. The van der Waals surface area contributed by atoms with Gasteiger partial charge in [0.25, 0.3) is 0 Å². The predicted molar refractivity (Wildman–Crippen MR) is 47.0 cm³/mol. The number of carboxylic acid groups (broad SMARTS) is 1. The van der Waals surface area contributed by atoms with Gasteiger partial charge in [0, 0.05) is 13.2 Å². The second-order valence-electron chi connectivity index (χ2n) is 3.33. The van der Waals surface area contributed by atoms with E-state index in [1.54, 1.807) is 30.9 Å². The zero-order valence-electron chi connectivity index (χ0n) is 7.69. The van der Waals surface area contributed by atoms with Crippen LogP contribution in [0.3, 0.4) is 0 Å². The monoisotopic (exact) mass is 183 g/mol. The van der Waals surface area contributed by atoms with Crippen LogP contribution in [0.5, 0.6) is 0 Å². The Balaban J connectivity index is 2.93. The third-order valence-corrected chi connectivity index (χ3v) is 1.92. The molecule has 1 atom stereocenters. The van der Waals surface area contributed by atoms with Crippen LogP contribution in [-0.2, 0) is 17.4 Å². The Labute approximate surface area is 76.2 Å². The second-order valence-corrected chi connectivity index (χ2v) is 3.33. The highest BCUT2D eigenvalue weighted by Gasteiger charge is 2.27. The molecular weight excluding hydrogens is 170 g/mol. The second kappa shape index (κ2) is 3.18. The molecule has 0 saturated heterocycles. The fourth-order valence-corrected chi connectivity index (χ4v) is 1.34. The summed E-state index contributed by atoms with van der Waals surface area (Å²) >= 11 is 0. The fourth-order valence-electron chi connectivity index (χ4n) is 1.34. The van der Waals surface area contributed by atoms with E-state index >= 15 is 0 Å². The number of nitrogens with two attached hydrogens (primary N) is 1. The van der Waals surface area contributed by atoms with E-state index in [0.717, 1.165) is 5.69 Å². The molecule has 0 spiro atoms. The average molecular weight is 183 g/mol. The van der Waals surface area contributed by atoms with Crippen LogP contribution in [-0.4, -0.2) is 20.9 Å². The van der Waals surface area contributed by atoms with Crippen molar-refractivity contribution in [2.75, 3.05) is 0 Å². The molecule has 72 valence electrons. The van der Waals surface area contributed by atoms with Crippen LogP contribution < -0.4 is 5.73 Å². The fraction of sp³-hybridized carbons (Fsp3) is 0.500. The smallest absolute Gasteiger partial charge is 0.305 e. The minimum atomic E-state index is -0.911. The molecule has 0 saturated carbocycles. The largest absolute Gasteiger partial charge is 0.481 e. The summed E-state index contributed by atoms with van der Waals surface area (Å²) in [6.45, 7) is 1.68. The molecule has 0 fully saturated rings. The Kier molecular flexibility index (Phi) is 2.38. The molecule has 0 aliphatic heterocycles. The molecule has 1 heterocycles. The first-order chi connectivity index (χ1) is 5.93. The van der Waals surface area contributed by atoms with E-state index < -0.39 is 11.5 Å². The van der Waals surface area contributed by atoms with Crippen molar-refractivity contribution in [1.29, 1.82) is 0 Å². The number of aryl methyl sites for hydroxylation is 1. The highest BCUT2D eigenvalue weighted by atomic mass is 16.4. The van der Waals surface area contributed by atoms with Gasteiger partial charge in [0.05, 0.1) is 17.7 Å². The summed E-state index contributed by atoms with van der Waals surface area (Å²) in [6, 6.07) is 1.73. The topological polar surface area (TPSA) is 81.1 Å². The zero-order chi connectivity index (χ0) is 10.1. The summed E-state index contributed by atoms with van der Waals surface area (Å²) in [5.74, 6) is -0.911. The number of nitrogens with zero attached hydrogens (tertiary/aromatic N) is 2. The van der Waals surface area contributed by atoms with Gasteiger partial charge in [-0.25, -0.2) is 0 Å². The molecule has 0 aromatic carbocycles. The summed E-state index contributed by atoms with van der Waals surface area (Å²) < 4.78 is 1.59. The molecule has 0 unspecified atom stereocenters. The van der Waals surface area contributed by atoms with Crippen LogP contribution in [0.15, 0.2) is 12.3 Å². The van der Waals surface area contributed by atoms with Crippen molar-refractivity contribution in [3.8, 4) is 0 Å². The van der Waals surface area contributed by atoms with Crippen LogP contribution in [0.2, 0.25) is 0 Å². The SMILES string of the molecule is Cn1nccc1[C@@](C)(N)CC(=O)O. The first-order valence-corrected chi connectivity index (χ1v) is 3.92. The molecule has 0 radical (unpaired) electrons. The maximum atomic E-state index is 10.5. The lowest BCUT2D eigenvalue weighted by molar-refractivity contribution is -0.138. The molecule has 1 aromatic rings. The van der Waals surface area contributed by atoms with Crippen LogP contribution in [0, 0.1) is 0 Å². The third-order valence-electron chi connectivity index (χ3n) is 1.92. The van der Waals surface area contributed by atoms with E-state index in [2.05, 4.69) is 5.10 Å². The first kappa shape index (κ1) is 9.73. The highest BCUT2D eigenvalue weighted by molar-refractivity contribution is 5.68. The predicted octanol–water partition coefficient (Wildman–Crippen LogP) is 0.0687. The number of hydrogen-bond donors (Lipinski definition) is 2. The van der Waals surface area contributed by atoms with Crippen molar-refractivity contribution < 1.29 is 9.90 Å². The minimum Gasteiger partial charge on any atom is -0.481 e. The number of carboxylic acids is 1. The number of aliphatic carboxylic acids is 1. The van der Waals surface area contributed by atoms with Crippen LogP contribution in [0.4, 0.5) is 0 Å². The van der Waals surface area contributed by atoms with E-state index in [-0.39, 0.29) is 6.42 Å². The van der Waals surface area contributed by atoms with Gasteiger partial charge >= 0.3 is 5.97 Å². The molecule has 0 aliphatic carbocycles.